The molecule has 0 fully saturated rings. The van der Waals surface area contributed by atoms with Gasteiger partial charge in [-0.3, -0.25) is 0 Å². The van der Waals surface area contributed by atoms with E-state index < -0.39 is 0 Å². The van der Waals surface area contributed by atoms with Gasteiger partial charge in [0.1, 0.15) is 0 Å². The number of benzene rings is 2. The maximum atomic E-state index is 2.39. The average Bonchev–Trinajstić information content (AvgIpc) is 3.25. The molecule has 0 nitrogen and oxygen atoms in total. The molecule has 0 atom stereocenters. The molecule has 4 rings (SSSR count). The fraction of sp³-hybridized carbons (Fsp3) is 0.308. The van der Waals surface area contributed by atoms with Gasteiger partial charge in [0.15, 0.2) is 0 Å². The van der Waals surface area contributed by atoms with Crippen LogP contribution in [0.25, 0.3) is 21.5 Å². The second kappa shape index (κ2) is 13.1. The van der Waals surface area contributed by atoms with Crippen molar-refractivity contribution in [3.63, 3.8) is 0 Å². The second-order valence-corrected chi connectivity index (χ2v) is 11.4. The van der Waals surface area contributed by atoms with E-state index >= 15 is 0 Å². The third-order valence-corrected chi connectivity index (χ3v) is 8.34. The van der Waals surface area contributed by atoms with Crippen LogP contribution in [-0.2, 0) is 21.7 Å². The number of fused-ring (bicyclic) bond motifs is 2. The minimum absolute atomic E-state index is 0. The van der Waals surface area contributed by atoms with Gasteiger partial charge in [0.05, 0.1) is 0 Å². The Morgan fingerprint density at radius 1 is 0.800 bits per heavy atom. The molecule has 0 unspecified atom stereocenters. The summed E-state index contributed by atoms with van der Waals surface area (Å²) in [7, 11) is -0.0206. The summed E-state index contributed by atoms with van der Waals surface area (Å²) in [5.41, 5.74) is 4.28. The molecule has 0 heterocycles. The van der Waals surface area contributed by atoms with E-state index in [0.29, 0.717) is 0 Å². The van der Waals surface area contributed by atoms with Gasteiger partial charge in [-0.15, -0.1) is 68.8 Å². The average molecular weight is 493 g/mol. The fourth-order valence-electron chi connectivity index (χ4n) is 4.01. The minimum Gasteiger partial charge on any atom is -1.00 e. The molecule has 0 N–H and O–H groups in total. The van der Waals surface area contributed by atoms with Crippen molar-refractivity contribution in [1.29, 1.82) is 0 Å². The Bertz CT molecular complexity index is 953. The van der Waals surface area contributed by atoms with Crippen LogP contribution in [0.2, 0.25) is 0 Å². The van der Waals surface area contributed by atoms with Crippen LogP contribution in [0, 0.1) is 13.8 Å². The Labute approximate surface area is 211 Å². The van der Waals surface area contributed by atoms with E-state index in [-0.39, 0.29) is 54.5 Å². The topological polar surface area (TPSA) is 0 Å². The van der Waals surface area contributed by atoms with Crippen molar-refractivity contribution in [1.82, 2.24) is 0 Å². The van der Waals surface area contributed by atoms with E-state index in [1.807, 2.05) is 0 Å². The number of rotatable bonds is 3. The van der Waals surface area contributed by atoms with E-state index in [1.54, 1.807) is 5.30 Å². The molecule has 0 radical (unpaired) electrons. The maximum absolute atomic E-state index is 2.39. The summed E-state index contributed by atoms with van der Waals surface area (Å²) in [5.74, 6) is 0. The van der Waals surface area contributed by atoms with Crippen molar-refractivity contribution in [3.8, 4) is 0 Å². The summed E-state index contributed by atoms with van der Waals surface area (Å²) in [6.07, 6.45) is 0. The van der Waals surface area contributed by atoms with Gasteiger partial charge in [-0.05, 0) is 18.2 Å². The molecular weight excluding hydrogens is 462 g/mol. The summed E-state index contributed by atoms with van der Waals surface area (Å²) in [4.78, 5) is 0. The van der Waals surface area contributed by atoms with Crippen LogP contribution in [0.4, 0.5) is 0 Å². The molecular formula is C26H31Cl2PTi. The van der Waals surface area contributed by atoms with Crippen LogP contribution in [0.1, 0.15) is 38.8 Å². The van der Waals surface area contributed by atoms with Crippen molar-refractivity contribution in [2.24, 2.45) is 0 Å². The monoisotopic (exact) mass is 492 g/mol. The van der Waals surface area contributed by atoms with Gasteiger partial charge in [-0.2, -0.15) is 18.2 Å². The number of hydrogen-bond donors (Lipinski definition) is 0. The normalized spacial score (nSPS) is 10.4. The third-order valence-electron chi connectivity index (χ3n) is 5.26. The Hall–Kier alpha value is -0.616. The molecule has 0 saturated carbocycles. The van der Waals surface area contributed by atoms with E-state index in [1.165, 1.54) is 32.7 Å². The van der Waals surface area contributed by atoms with Crippen molar-refractivity contribution in [2.75, 3.05) is 0 Å². The quantitative estimate of drug-likeness (QED) is 0.232. The molecule has 30 heavy (non-hydrogen) atoms. The first kappa shape index (κ1) is 29.4. The first-order valence-corrected chi connectivity index (χ1v) is 11.4. The zero-order valence-electron chi connectivity index (χ0n) is 18.7. The van der Waals surface area contributed by atoms with Gasteiger partial charge in [-0.25, -0.2) is 0 Å². The Kier molecular flexibility index (Phi) is 12.8. The molecule has 0 aliphatic rings. The SMILES string of the molecule is CC(C)P(c1cc2ccccc2[cH-]1)C(C)C.Cc1ccc(C)c2[cH-]ccc12.[Cl-].[Cl-].[Ti+4]. The molecule has 0 aliphatic carbocycles. The smallest absolute Gasteiger partial charge is 1.00 e. The van der Waals surface area contributed by atoms with Crippen molar-refractivity contribution < 1.29 is 46.5 Å². The van der Waals surface area contributed by atoms with E-state index in [2.05, 4.69) is 108 Å². The zero-order valence-corrected chi connectivity index (χ0v) is 22.7. The molecule has 4 aromatic rings. The number of hydrogen-bond acceptors (Lipinski definition) is 0. The predicted octanol–water partition coefficient (Wildman–Crippen LogP) is 1.66. The first-order valence-electron chi connectivity index (χ1n) is 9.94. The fourth-order valence-corrected chi connectivity index (χ4v) is 6.97. The van der Waals surface area contributed by atoms with Crippen LogP contribution in [0.15, 0.2) is 66.7 Å². The minimum atomic E-state index is -0.0206. The summed E-state index contributed by atoms with van der Waals surface area (Å²) in [5, 5.41) is 7.15. The summed E-state index contributed by atoms with van der Waals surface area (Å²) >= 11 is 0. The largest absolute Gasteiger partial charge is 4.00 e. The van der Waals surface area contributed by atoms with Gasteiger partial charge in [0, 0.05) is 0 Å². The Morgan fingerprint density at radius 3 is 1.97 bits per heavy atom. The Morgan fingerprint density at radius 2 is 1.40 bits per heavy atom. The van der Waals surface area contributed by atoms with Crippen molar-refractivity contribution in [3.05, 3.63) is 77.9 Å². The van der Waals surface area contributed by atoms with Gasteiger partial charge >= 0.3 is 21.7 Å². The van der Waals surface area contributed by atoms with Crippen LogP contribution in [0.5, 0.6) is 0 Å². The van der Waals surface area contributed by atoms with Crippen molar-refractivity contribution >= 4 is 34.8 Å². The van der Waals surface area contributed by atoms with E-state index in [9.17, 15) is 0 Å². The molecule has 4 heteroatoms. The van der Waals surface area contributed by atoms with Gasteiger partial charge in [0.25, 0.3) is 0 Å². The van der Waals surface area contributed by atoms with Crippen molar-refractivity contribution in [2.45, 2.75) is 52.9 Å². The Balaban J connectivity index is 0.000000535. The molecule has 0 spiro atoms. The number of aryl methyl sites for hydroxylation is 2. The van der Waals surface area contributed by atoms with Crippen LogP contribution in [-0.4, -0.2) is 11.3 Å². The molecule has 0 amide bonds. The standard InChI is InChI=1S/C15H20P.C11H11.2ClH.Ti/c1-11(2)16(12(3)4)15-9-13-7-5-6-8-14(13)10-15;1-8-6-7-9(2)11-5-3-4-10(8)11;;;/h5-12H,1-4H3;3-7H,1-2H3;2*1H;/q2*-1;;;+4/p-2. The molecule has 0 aliphatic heterocycles. The van der Waals surface area contributed by atoms with E-state index in [0.717, 1.165) is 11.3 Å². The summed E-state index contributed by atoms with van der Waals surface area (Å²) in [6, 6.07) is 24.3. The molecule has 0 saturated heterocycles. The zero-order chi connectivity index (χ0) is 19.6. The molecule has 0 aromatic heterocycles. The van der Waals surface area contributed by atoms with Crippen LogP contribution >= 0.6 is 7.92 Å². The summed E-state index contributed by atoms with van der Waals surface area (Å²) in [6.45, 7) is 13.7. The summed E-state index contributed by atoms with van der Waals surface area (Å²) < 4.78 is 0. The van der Waals surface area contributed by atoms with E-state index in [4.69, 9.17) is 0 Å². The van der Waals surface area contributed by atoms with Gasteiger partial charge in [-0.1, -0.05) is 60.2 Å². The van der Waals surface area contributed by atoms with Crippen LogP contribution < -0.4 is 30.1 Å². The van der Waals surface area contributed by atoms with Crippen LogP contribution in [0.3, 0.4) is 0 Å². The predicted molar refractivity (Wildman–Crippen MR) is 125 cm³/mol. The maximum Gasteiger partial charge on any atom is 4.00 e. The molecule has 0 bridgehead atoms. The number of halogens is 2. The first-order chi connectivity index (χ1) is 12.9. The molecule has 158 valence electrons. The molecule has 4 aromatic carbocycles. The third kappa shape index (κ3) is 6.69. The van der Waals surface area contributed by atoms with Gasteiger partial charge < -0.3 is 24.8 Å². The second-order valence-electron chi connectivity index (χ2n) is 7.99. The van der Waals surface area contributed by atoms with Gasteiger partial charge in [0.2, 0.25) is 0 Å².